The summed E-state index contributed by atoms with van der Waals surface area (Å²) in [4.78, 5) is 4.94. The van der Waals surface area contributed by atoms with E-state index in [1.165, 1.54) is 11.1 Å². The Hall–Kier alpha value is -1.14. The van der Waals surface area contributed by atoms with Crippen molar-refractivity contribution in [2.24, 2.45) is 5.73 Å². The Kier molecular flexibility index (Phi) is 4.75. The van der Waals surface area contributed by atoms with E-state index in [0.29, 0.717) is 12.6 Å². The SMILES string of the molecule is COc1cccc2c1CN(CCN1CCOCC1)C2CN. The van der Waals surface area contributed by atoms with Gasteiger partial charge in [-0.25, -0.2) is 0 Å². The smallest absolute Gasteiger partial charge is 0.123 e. The van der Waals surface area contributed by atoms with Crippen LogP contribution < -0.4 is 10.5 Å². The quantitative estimate of drug-likeness (QED) is 0.871. The van der Waals surface area contributed by atoms with Crippen LogP contribution in [0.5, 0.6) is 5.75 Å². The molecule has 1 aromatic rings. The molecule has 0 bridgehead atoms. The lowest BCUT2D eigenvalue weighted by molar-refractivity contribution is 0.0313. The molecule has 2 aliphatic heterocycles. The molecule has 3 rings (SSSR count). The number of morpholine rings is 1. The first-order chi connectivity index (χ1) is 10.3. The van der Waals surface area contributed by atoms with Gasteiger partial charge in [0.25, 0.3) is 0 Å². The second-order valence-electron chi connectivity index (χ2n) is 5.70. The molecule has 0 amide bonds. The molecule has 2 aliphatic rings. The lowest BCUT2D eigenvalue weighted by Gasteiger charge is -2.30. The van der Waals surface area contributed by atoms with E-state index in [4.69, 9.17) is 15.2 Å². The molecule has 2 N–H and O–H groups in total. The maximum Gasteiger partial charge on any atom is 0.123 e. The average molecular weight is 291 g/mol. The van der Waals surface area contributed by atoms with E-state index in [9.17, 15) is 0 Å². The Morgan fingerprint density at radius 1 is 1.29 bits per heavy atom. The van der Waals surface area contributed by atoms with Crippen LogP contribution in [0.25, 0.3) is 0 Å². The van der Waals surface area contributed by atoms with Crippen LogP contribution in [-0.2, 0) is 11.3 Å². The maximum absolute atomic E-state index is 6.02. The zero-order valence-electron chi connectivity index (χ0n) is 12.8. The molecule has 1 aromatic carbocycles. The van der Waals surface area contributed by atoms with E-state index in [1.54, 1.807) is 7.11 Å². The second kappa shape index (κ2) is 6.75. The second-order valence-corrected chi connectivity index (χ2v) is 5.70. The summed E-state index contributed by atoms with van der Waals surface area (Å²) < 4.78 is 10.9. The van der Waals surface area contributed by atoms with E-state index in [1.807, 2.05) is 6.07 Å². The first-order valence-corrected chi connectivity index (χ1v) is 7.73. The number of methoxy groups -OCH3 is 1. The molecule has 2 heterocycles. The van der Waals surface area contributed by atoms with Gasteiger partial charge in [0.15, 0.2) is 0 Å². The zero-order chi connectivity index (χ0) is 14.7. The fraction of sp³-hybridized carbons (Fsp3) is 0.625. The predicted octanol–water partition coefficient (Wildman–Crippen LogP) is 0.843. The number of fused-ring (bicyclic) bond motifs is 1. The number of nitrogens with two attached hydrogens (primary N) is 1. The van der Waals surface area contributed by atoms with Crippen LogP contribution in [0.2, 0.25) is 0 Å². The molecule has 1 unspecified atom stereocenters. The number of benzene rings is 1. The third-order valence-electron chi connectivity index (χ3n) is 4.58. The van der Waals surface area contributed by atoms with Crippen LogP contribution in [0, 0.1) is 0 Å². The first-order valence-electron chi connectivity index (χ1n) is 7.73. The first kappa shape index (κ1) is 14.8. The monoisotopic (exact) mass is 291 g/mol. The van der Waals surface area contributed by atoms with Crippen molar-refractivity contribution in [3.05, 3.63) is 29.3 Å². The molecule has 0 spiro atoms. The van der Waals surface area contributed by atoms with Crippen LogP contribution in [0.3, 0.4) is 0 Å². The molecular formula is C16H25N3O2. The molecule has 116 valence electrons. The molecule has 5 nitrogen and oxygen atoms in total. The number of hydrogen-bond donors (Lipinski definition) is 1. The van der Waals surface area contributed by atoms with Gasteiger partial charge in [-0.05, 0) is 11.6 Å². The van der Waals surface area contributed by atoms with Gasteiger partial charge in [-0.3, -0.25) is 9.80 Å². The van der Waals surface area contributed by atoms with Crippen molar-refractivity contribution in [3.63, 3.8) is 0 Å². The van der Waals surface area contributed by atoms with E-state index in [2.05, 4.69) is 21.9 Å². The molecule has 0 aromatic heterocycles. The van der Waals surface area contributed by atoms with Crippen LogP contribution in [0.4, 0.5) is 0 Å². The summed E-state index contributed by atoms with van der Waals surface area (Å²) >= 11 is 0. The lowest BCUT2D eigenvalue weighted by atomic mass is 10.0. The normalized spacial score (nSPS) is 23.2. The Morgan fingerprint density at radius 3 is 2.81 bits per heavy atom. The lowest BCUT2D eigenvalue weighted by Crippen LogP contribution is -2.41. The number of nitrogens with zero attached hydrogens (tertiary/aromatic N) is 2. The van der Waals surface area contributed by atoms with Crippen molar-refractivity contribution in [3.8, 4) is 5.75 Å². The summed E-state index contributed by atoms with van der Waals surface area (Å²) in [5.74, 6) is 0.986. The number of ether oxygens (including phenoxy) is 2. The summed E-state index contributed by atoms with van der Waals surface area (Å²) in [6.07, 6.45) is 0. The molecule has 1 saturated heterocycles. The summed E-state index contributed by atoms with van der Waals surface area (Å²) in [5, 5.41) is 0. The van der Waals surface area contributed by atoms with Crippen molar-refractivity contribution < 1.29 is 9.47 Å². The van der Waals surface area contributed by atoms with Gasteiger partial charge in [0, 0.05) is 50.9 Å². The van der Waals surface area contributed by atoms with Crippen LogP contribution in [0.15, 0.2) is 18.2 Å². The van der Waals surface area contributed by atoms with Crippen molar-refractivity contribution in [1.29, 1.82) is 0 Å². The van der Waals surface area contributed by atoms with Gasteiger partial charge in [0.05, 0.1) is 20.3 Å². The topological polar surface area (TPSA) is 51.0 Å². The molecule has 5 heteroatoms. The minimum absolute atomic E-state index is 0.316. The van der Waals surface area contributed by atoms with Gasteiger partial charge >= 0.3 is 0 Å². The van der Waals surface area contributed by atoms with Crippen molar-refractivity contribution in [1.82, 2.24) is 9.80 Å². The number of hydrogen-bond acceptors (Lipinski definition) is 5. The highest BCUT2D eigenvalue weighted by Crippen LogP contribution is 2.37. The van der Waals surface area contributed by atoms with Crippen LogP contribution >= 0.6 is 0 Å². The molecule has 1 atom stereocenters. The Balaban J connectivity index is 1.67. The van der Waals surface area contributed by atoms with Gasteiger partial charge in [0.1, 0.15) is 5.75 Å². The number of rotatable bonds is 5. The average Bonchev–Trinajstić information content (AvgIpc) is 2.91. The highest BCUT2D eigenvalue weighted by Gasteiger charge is 2.31. The molecule has 0 saturated carbocycles. The third kappa shape index (κ3) is 3.06. The van der Waals surface area contributed by atoms with Gasteiger partial charge in [0.2, 0.25) is 0 Å². The third-order valence-corrected chi connectivity index (χ3v) is 4.58. The highest BCUT2D eigenvalue weighted by atomic mass is 16.5. The summed E-state index contributed by atoms with van der Waals surface area (Å²) in [7, 11) is 1.74. The van der Waals surface area contributed by atoms with E-state index in [-0.39, 0.29) is 0 Å². The Labute approximate surface area is 126 Å². The van der Waals surface area contributed by atoms with E-state index in [0.717, 1.165) is 51.7 Å². The molecular weight excluding hydrogens is 266 g/mol. The molecule has 0 aliphatic carbocycles. The van der Waals surface area contributed by atoms with E-state index >= 15 is 0 Å². The van der Waals surface area contributed by atoms with Crippen molar-refractivity contribution >= 4 is 0 Å². The fourth-order valence-corrected chi connectivity index (χ4v) is 3.37. The maximum atomic E-state index is 6.02. The highest BCUT2D eigenvalue weighted by molar-refractivity contribution is 5.44. The summed E-state index contributed by atoms with van der Waals surface area (Å²) in [6, 6.07) is 6.60. The predicted molar refractivity (Wildman–Crippen MR) is 82.5 cm³/mol. The van der Waals surface area contributed by atoms with Gasteiger partial charge in [-0.2, -0.15) is 0 Å². The summed E-state index contributed by atoms with van der Waals surface area (Å²) in [5.41, 5.74) is 8.66. The van der Waals surface area contributed by atoms with Gasteiger partial charge < -0.3 is 15.2 Å². The Bertz CT molecular complexity index is 475. The summed E-state index contributed by atoms with van der Waals surface area (Å²) in [6.45, 7) is 7.50. The van der Waals surface area contributed by atoms with Gasteiger partial charge in [-0.1, -0.05) is 12.1 Å². The van der Waals surface area contributed by atoms with Gasteiger partial charge in [-0.15, -0.1) is 0 Å². The minimum Gasteiger partial charge on any atom is -0.496 e. The molecule has 0 radical (unpaired) electrons. The van der Waals surface area contributed by atoms with Crippen molar-refractivity contribution in [2.45, 2.75) is 12.6 Å². The fourth-order valence-electron chi connectivity index (χ4n) is 3.37. The van der Waals surface area contributed by atoms with Crippen LogP contribution in [0.1, 0.15) is 17.2 Å². The van der Waals surface area contributed by atoms with Crippen LogP contribution in [-0.4, -0.2) is 62.8 Å². The minimum atomic E-state index is 0.316. The standard InChI is InChI=1S/C16H25N3O2/c1-20-16-4-2-3-13-14(16)12-19(15(13)11-17)6-5-18-7-9-21-10-8-18/h2-4,15H,5-12,17H2,1H3. The van der Waals surface area contributed by atoms with Crippen molar-refractivity contribution in [2.75, 3.05) is 53.0 Å². The zero-order valence-corrected chi connectivity index (χ0v) is 12.8. The Morgan fingerprint density at radius 2 is 2.10 bits per heavy atom. The molecule has 21 heavy (non-hydrogen) atoms. The van der Waals surface area contributed by atoms with E-state index < -0.39 is 0 Å². The largest absolute Gasteiger partial charge is 0.496 e. The molecule has 1 fully saturated rings.